The standard InChI is InChI=1S/C15H26N2O/c1-11-8-12(2)15(13(3)9-11)14(10-18)16-6-7-17(4)5/h8-9,14,16,18H,6-7,10H2,1-5H3. The smallest absolute Gasteiger partial charge is 0.0626 e. The first kappa shape index (κ1) is 15.2. The van der Waals surface area contributed by atoms with Gasteiger partial charge in [-0.3, -0.25) is 0 Å². The van der Waals surface area contributed by atoms with Crippen LogP contribution in [0.15, 0.2) is 12.1 Å². The molecule has 0 saturated heterocycles. The van der Waals surface area contributed by atoms with Gasteiger partial charge in [0.15, 0.2) is 0 Å². The molecule has 1 unspecified atom stereocenters. The molecule has 0 heterocycles. The van der Waals surface area contributed by atoms with Gasteiger partial charge in [0.05, 0.1) is 12.6 Å². The summed E-state index contributed by atoms with van der Waals surface area (Å²) in [6.45, 7) is 8.33. The normalized spacial score (nSPS) is 13.1. The molecule has 0 aliphatic heterocycles. The number of hydrogen-bond acceptors (Lipinski definition) is 3. The molecule has 0 amide bonds. The van der Waals surface area contributed by atoms with Gasteiger partial charge in [-0.15, -0.1) is 0 Å². The van der Waals surface area contributed by atoms with Gasteiger partial charge in [0.2, 0.25) is 0 Å². The van der Waals surface area contributed by atoms with Crippen molar-refractivity contribution in [2.45, 2.75) is 26.8 Å². The van der Waals surface area contributed by atoms with E-state index < -0.39 is 0 Å². The fourth-order valence-electron chi connectivity index (χ4n) is 2.46. The summed E-state index contributed by atoms with van der Waals surface area (Å²) < 4.78 is 0. The average molecular weight is 250 g/mol. The molecule has 18 heavy (non-hydrogen) atoms. The highest BCUT2D eigenvalue weighted by molar-refractivity contribution is 5.39. The highest BCUT2D eigenvalue weighted by Gasteiger charge is 2.15. The Bertz CT molecular complexity index is 365. The van der Waals surface area contributed by atoms with E-state index in [0.717, 1.165) is 13.1 Å². The van der Waals surface area contributed by atoms with E-state index in [-0.39, 0.29) is 12.6 Å². The first-order chi connectivity index (χ1) is 8.45. The van der Waals surface area contributed by atoms with Crippen molar-refractivity contribution in [3.05, 3.63) is 34.4 Å². The van der Waals surface area contributed by atoms with E-state index in [1.54, 1.807) is 0 Å². The van der Waals surface area contributed by atoms with Crippen LogP contribution in [0.1, 0.15) is 28.3 Å². The summed E-state index contributed by atoms with van der Waals surface area (Å²) >= 11 is 0. The molecule has 0 spiro atoms. The van der Waals surface area contributed by atoms with Crippen molar-refractivity contribution in [3.8, 4) is 0 Å². The Morgan fingerprint density at radius 1 is 1.17 bits per heavy atom. The molecule has 0 aliphatic carbocycles. The molecule has 0 aliphatic rings. The van der Waals surface area contributed by atoms with Crippen LogP contribution in [-0.2, 0) is 0 Å². The lowest BCUT2D eigenvalue weighted by molar-refractivity contribution is 0.239. The minimum atomic E-state index is 0.0329. The van der Waals surface area contributed by atoms with Gasteiger partial charge >= 0.3 is 0 Å². The highest BCUT2D eigenvalue weighted by atomic mass is 16.3. The SMILES string of the molecule is Cc1cc(C)c(C(CO)NCCN(C)C)c(C)c1. The van der Waals surface area contributed by atoms with Crippen molar-refractivity contribution in [2.75, 3.05) is 33.8 Å². The molecule has 3 nitrogen and oxygen atoms in total. The van der Waals surface area contributed by atoms with Crippen LogP contribution >= 0.6 is 0 Å². The molecule has 2 N–H and O–H groups in total. The fourth-order valence-corrected chi connectivity index (χ4v) is 2.46. The Balaban J connectivity index is 2.82. The van der Waals surface area contributed by atoms with Crippen LogP contribution in [-0.4, -0.2) is 43.8 Å². The molecule has 0 fully saturated rings. The molecule has 0 saturated carbocycles. The Hall–Kier alpha value is -0.900. The van der Waals surface area contributed by atoms with Gasteiger partial charge in [-0.05, 0) is 51.6 Å². The number of nitrogens with one attached hydrogen (secondary N) is 1. The number of aryl methyl sites for hydroxylation is 3. The minimum absolute atomic E-state index is 0.0329. The molecule has 1 atom stereocenters. The maximum atomic E-state index is 9.59. The van der Waals surface area contributed by atoms with Crippen LogP contribution in [0, 0.1) is 20.8 Å². The van der Waals surface area contributed by atoms with Crippen LogP contribution in [0.25, 0.3) is 0 Å². The average Bonchev–Trinajstić information content (AvgIpc) is 2.25. The van der Waals surface area contributed by atoms with Gasteiger partial charge < -0.3 is 15.3 Å². The Morgan fingerprint density at radius 2 is 1.72 bits per heavy atom. The van der Waals surface area contributed by atoms with E-state index in [9.17, 15) is 5.11 Å². The van der Waals surface area contributed by atoms with E-state index in [2.05, 4.69) is 57.2 Å². The summed E-state index contributed by atoms with van der Waals surface area (Å²) in [4.78, 5) is 2.14. The third kappa shape index (κ3) is 4.09. The molecule has 0 radical (unpaired) electrons. The minimum Gasteiger partial charge on any atom is -0.394 e. The van der Waals surface area contributed by atoms with Gasteiger partial charge in [0, 0.05) is 13.1 Å². The number of rotatable bonds is 6. The van der Waals surface area contributed by atoms with Crippen LogP contribution in [0.4, 0.5) is 0 Å². The third-order valence-electron chi connectivity index (χ3n) is 3.22. The lowest BCUT2D eigenvalue weighted by Crippen LogP contribution is -2.32. The molecule has 1 rings (SSSR count). The summed E-state index contributed by atoms with van der Waals surface area (Å²) in [6, 6.07) is 4.39. The number of hydrogen-bond donors (Lipinski definition) is 2. The van der Waals surface area contributed by atoms with Crippen molar-refractivity contribution in [3.63, 3.8) is 0 Å². The monoisotopic (exact) mass is 250 g/mol. The lowest BCUT2D eigenvalue weighted by atomic mass is 9.94. The summed E-state index contributed by atoms with van der Waals surface area (Å²) in [5.74, 6) is 0. The summed E-state index contributed by atoms with van der Waals surface area (Å²) in [6.07, 6.45) is 0. The number of nitrogens with zero attached hydrogens (tertiary/aromatic N) is 1. The Kier molecular flexibility index (Phi) is 5.79. The first-order valence-corrected chi connectivity index (χ1v) is 6.52. The zero-order valence-corrected chi connectivity index (χ0v) is 12.2. The van der Waals surface area contributed by atoms with Crippen molar-refractivity contribution in [1.29, 1.82) is 0 Å². The van der Waals surface area contributed by atoms with Crippen LogP contribution < -0.4 is 5.32 Å². The zero-order valence-electron chi connectivity index (χ0n) is 12.2. The van der Waals surface area contributed by atoms with E-state index in [1.807, 2.05) is 0 Å². The summed E-state index contributed by atoms with van der Waals surface area (Å²) in [5.41, 5.74) is 5.02. The van der Waals surface area contributed by atoms with Crippen LogP contribution in [0.5, 0.6) is 0 Å². The quantitative estimate of drug-likeness (QED) is 0.808. The molecule has 0 bridgehead atoms. The molecular weight excluding hydrogens is 224 g/mol. The lowest BCUT2D eigenvalue weighted by Gasteiger charge is -2.22. The van der Waals surface area contributed by atoms with Crippen molar-refractivity contribution in [2.24, 2.45) is 0 Å². The van der Waals surface area contributed by atoms with E-state index in [4.69, 9.17) is 0 Å². The van der Waals surface area contributed by atoms with Crippen LogP contribution in [0.3, 0.4) is 0 Å². The Labute approximate surface area is 111 Å². The van der Waals surface area contributed by atoms with E-state index >= 15 is 0 Å². The number of aliphatic hydroxyl groups is 1. The van der Waals surface area contributed by atoms with E-state index in [1.165, 1.54) is 22.3 Å². The van der Waals surface area contributed by atoms with E-state index in [0.29, 0.717) is 0 Å². The fraction of sp³-hybridized carbons (Fsp3) is 0.600. The number of benzene rings is 1. The maximum absolute atomic E-state index is 9.59. The Morgan fingerprint density at radius 3 is 2.17 bits per heavy atom. The molecule has 0 aromatic heterocycles. The van der Waals surface area contributed by atoms with Gasteiger partial charge in [-0.2, -0.15) is 0 Å². The third-order valence-corrected chi connectivity index (χ3v) is 3.22. The summed E-state index contributed by atoms with van der Waals surface area (Å²) in [7, 11) is 4.11. The van der Waals surface area contributed by atoms with Crippen molar-refractivity contribution >= 4 is 0 Å². The molecule has 1 aromatic carbocycles. The van der Waals surface area contributed by atoms with Gasteiger partial charge in [-0.1, -0.05) is 17.7 Å². The highest BCUT2D eigenvalue weighted by Crippen LogP contribution is 2.23. The molecule has 3 heteroatoms. The van der Waals surface area contributed by atoms with Gasteiger partial charge in [0.25, 0.3) is 0 Å². The number of aliphatic hydroxyl groups excluding tert-OH is 1. The second-order valence-electron chi connectivity index (χ2n) is 5.30. The largest absolute Gasteiger partial charge is 0.394 e. The molecule has 102 valence electrons. The second kappa shape index (κ2) is 6.88. The molecular formula is C15H26N2O. The number of likely N-dealkylation sites (N-methyl/N-ethyl adjacent to an activating group) is 1. The zero-order chi connectivity index (χ0) is 13.7. The predicted octanol–water partition coefficient (Wildman–Crippen LogP) is 1.80. The molecule has 1 aromatic rings. The second-order valence-corrected chi connectivity index (χ2v) is 5.30. The van der Waals surface area contributed by atoms with Crippen LogP contribution in [0.2, 0.25) is 0 Å². The first-order valence-electron chi connectivity index (χ1n) is 6.52. The summed E-state index contributed by atoms with van der Waals surface area (Å²) in [5, 5.41) is 13.0. The van der Waals surface area contributed by atoms with Gasteiger partial charge in [-0.25, -0.2) is 0 Å². The van der Waals surface area contributed by atoms with Gasteiger partial charge in [0.1, 0.15) is 0 Å². The van der Waals surface area contributed by atoms with Crippen molar-refractivity contribution < 1.29 is 5.11 Å². The predicted molar refractivity (Wildman–Crippen MR) is 77.0 cm³/mol. The van der Waals surface area contributed by atoms with Crippen molar-refractivity contribution in [1.82, 2.24) is 10.2 Å². The topological polar surface area (TPSA) is 35.5 Å². The maximum Gasteiger partial charge on any atom is 0.0626 e.